The van der Waals surface area contributed by atoms with E-state index < -0.39 is 6.10 Å². The molecule has 5 heteroatoms. The fourth-order valence-electron chi connectivity index (χ4n) is 3.94. The molecule has 5 nitrogen and oxygen atoms in total. The van der Waals surface area contributed by atoms with Gasteiger partial charge in [-0.1, -0.05) is 30.3 Å². The molecule has 0 bridgehead atoms. The third-order valence-corrected chi connectivity index (χ3v) is 5.72. The van der Waals surface area contributed by atoms with Crippen molar-refractivity contribution >= 4 is 6.03 Å². The molecule has 3 aliphatic rings. The summed E-state index contributed by atoms with van der Waals surface area (Å²) in [6, 6.07) is 9.95. The zero-order chi connectivity index (χ0) is 17.2. The molecule has 136 valence electrons. The summed E-state index contributed by atoms with van der Waals surface area (Å²) in [5.41, 5.74) is 0.891. The van der Waals surface area contributed by atoms with Crippen molar-refractivity contribution in [3.05, 3.63) is 35.9 Å². The van der Waals surface area contributed by atoms with Gasteiger partial charge in [0.2, 0.25) is 0 Å². The van der Waals surface area contributed by atoms with Crippen LogP contribution in [0.1, 0.15) is 43.8 Å². The highest BCUT2D eigenvalue weighted by Gasteiger charge is 2.43. The minimum atomic E-state index is -0.578. The molecule has 0 radical (unpaired) electrons. The van der Waals surface area contributed by atoms with Gasteiger partial charge in [0.25, 0.3) is 0 Å². The van der Waals surface area contributed by atoms with Gasteiger partial charge in [0, 0.05) is 19.0 Å². The van der Waals surface area contributed by atoms with E-state index >= 15 is 0 Å². The van der Waals surface area contributed by atoms with Gasteiger partial charge in [-0.15, -0.1) is 0 Å². The highest BCUT2D eigenvalue weighted by atomic mass is 16.5. The monoisotopic (exact) mass is 344 g/mol. The van der Waals surface area contributed by atoms with Gasteiger partial charge in [0.05, 0.1) is 25.4 Å². The molecule has 25 heavy (non-hydrogen) atoms. The average molecular weight is 344 g/mol. The molecular formula is C20H28N2O3. The van der Waals surface area contributed by atoms with E-state index in [1.807, 2.05) is 35.2 Å². The molecule has 3 fully saturated rings. The quantitative estimate of drug-likeness (QED) is 0.834. The van der Waals surface area contributed by atoms with E-state index in [-0.39, 0.29) is 12.1 Å². The predicted octanol–water partition coefficient (Wildman–Crippen LogP) is 2.71. The van der Waals surface area contributed by atoms with Crippen LogP contribution in [0.25, 0.3) is 0 Å². The fourth-order valence-corrected chi connectivity index (χ4v) is 3.94. The predicted molar refractivity (Wildman–Crippen MR) is 95.1 cm³/mol. The Morgan fingerprint density at radius 2 is 1.88 bits per heavy atom. The second-order valence-corrected chi connectivity index (χ2v) is 7.73. The SMILES string of the molecule is O=C(NC(C1CC1)C1CC1)N1CCOCC1CC(O)c1ccccc1. The topological polar surface area (TPSA) is 61.8 Å². The Hall–Kier alpha value is -1.59. The number of hydrogen-bond donors (Lipinski definition) is 2. The van der Waals surface area contributed by atoms with Gasteiger partial charge in [0.1, 0.15) is 0 Å². The Morgan fingerprint density at radius 3 is 2.52 bits per heavy atom. The number of benzene rings is 1. The number of aliphatic hydroxyl groups excluding tert-OH is 1. The van der Waals surface area contributed by atoms with Crippen LogP contribution in [0.15, 0.2) is 30.3 Å². The molecule has 0 spiro atoms. The minimum Gasteiger partial charge on any atom is -0.388 e. The first kappa shape index (κ1) is 16.9. The lowest BCUT2D eigenvalue weighted by atomic mass is 10.0. The van der Waals surface area contributed by atoms with Gasteiger partial charge >= 0.3 is 6.03 Å². The van der Waals surface area contributed by atoms with Crippen molar-refractivity contribution in [1.29, 1.82) is 0 Å². The molecule has 1 saturated heterocycles. The van der Waals surface area contributed by atoms with Crippen molar-refractivity contribution in [3.8, 4) is 0 Å². The first-order valence-corrected chi connectivity index (χ1v) is 9.60. The van der Waals surface area contributed by atoms with Crippen LogP contribution >= 0.6 is 0 Å². The van der Waals surface area contributed by atoms with Gasteiger partial charge in [-0.25, -0.2) is 4.79 Å². The first-order valence-electron chi connectivity index (χ1n) is 9.60. The number of rotatable bonds is 6. The molecule has 1 aromatic carbocycles. The first-order chi connectivity index (χ1) is 12.2. The molecular weight excluding hydrogens is 316 g/mol. The Bertz CT molecular complexity index is 574. The maximum atomic E-state index is 12.9. The van der Waals surface area contributed by atoms with Gasteiger partial charge in [0.15, 0.2) is 0 Å². The zero-order valence-corrected chi connectivity index (χ0v) is 14.6. The summed E-state index contributed by atoms with van der Waals surface area (Å²) in [7, 11) is 0. The Kier molecular flexibility index (Phi) is 4.95. The van der Waals surface area contributed by atoms with Crippen LogP contribution in [0, 0.1) is 11.8 Å². The van der Waals surface area contributed by atoms with E-state index in [1.165, 1.54) is 25.7 Å². The highest BCUT2D eigenvalue weighted by molar-refractivity contribution is 5.75. The van der Waals surface area contributed by atoms with E-state index in [0.29, 0.717) is 44.1 Å². The molecule has 4 rings (SSSR count). The lowest BCUT2D eigenvalue weighted by molar-refractivity contribution is -0.00767. The van der Waals surface area contributed by atoms with Crippen molar-refractivity contribution < 1.29 is 14.6 Å². The van der Waals surface area contributed by atoms with E-state index in [4.69, 9.17) is 4.74 Å². The number of carbonyl (C=O) groups is 1. The van der Waals surface area contributed by atoms with E-state index in [0.717, 1.165) is 5.56 Å². The number of aliphatic hydroxyl groups is 1. The Labute approximate surface area is 149 Å². The van der Waals surface area contributed by atoms with Crippen molar-refractivity contribution in [2.24, 2.45) is 11.8 Å². The molecule has 1 aliphatic heterocycles. The van der Waals surface area contributed by atoms with Crippen molar-refractivity contribution in [3.63, 3.8) is 0 Å². The molecule has 0 aromatic heterocycles. The number of morpholine rings is 1. The lowest BCUT2D eigenvalue weighted by Gasteiger charge is -2.37. The number of ether oxygens (including phenoxy) is 1. The van der Waals surface area contributed by atoms with Gasteiger partial charge in [-0.3, -0.25) is 0 Å². The van der Waals surface area contributed by atoms with E-state index in [9.17, 15) is 9.90 Å². The van der Waals surface area contributed by atoms with Gasteiger partial charge in [-0.05, 0) is 43.1 Å². The van der Waals surface area contributed by atoms with E-state index in [1.54, 1.807) is 0 Å². The maximum Gasteiger partial charge on any atom is 0.318 e. The van der Waals surface area contributed by atoms with Crippen LogP contribution in [-0.4, -0.2) is 47.9 Å². The normalized spacial score (nSPS) is 25.0. The van der Waals surface area contributed by atoms with Crippen LogP contribution in [0.4, 0.5) is 4.79 Å². The standard InChI is InChI=1S/C20H28N2O3/c23-18(14-4-2-1-3-5-14)12-17-13-25-11-10-22(17)20(24)21-19(15-6-7-15)16-8-9-16/h1-5,15-19,23H,6-13H2,(H,21,24). The smallest absolute Gasteiger partial charge is 0.318 e. The summed E-state index contributed by atoms with van der Waals surface area (Å²) in [5, 5.41) is 13.8. The number of nitrogens with zero attached hydrogens (tertiary/aromatic N) is 1. The summed E-state index contributed by atoms with van der Waals surface area (Å²) in [6.07, 6.45) is 4.93. The molecule has 2 N–H and O–H groups in total. The summed E-state index contributed by atoms with van der Waals surface area (Å²) in [5.74, 6) is 1.37. The van der Waals surface area contributed by atoms with Gasteiger partial charge in [-0.2, -0.15) is 0 Å². The van der Waals surface area contributed by atoms with Crippen molar-refractivity contribution in [2.75, 3.05) is 19.8 Å². The molecule has 2 atom stereocenters. The largest absolute Gasteiger partial charge is 0.388 e. The number of urea groups is 1. The number of nitrogens with one attached hydrogen (secondary N) is 1. The van der Waals surface area contributed by atoms with Crippen molar-refractivity contribution in [2.45, 2.75) is 50.3 Å². The van der Waals surface area contributed by atoms with Crippen LogP contribution in [0.2, 0.25) is 0 Å². The second-order valence-electron chi connectivity index (χ2n) is 7.73. The highest BCUT2D eigenvalue weighted by Crippen LogP contribution is 2.44. The zero-order valence-electron chi connectivity index (χ0n) is 14.6. The summed E-state index contributed by atoms with van der Waals surface area (Å²) < 4.78 is 5.59. The molecule has 1 aromatic rings. The number of hydrogen-bond acceptors (Lipinski definition) is 3. The van der Waals surface area contributed by atoms with Crippen molar-refractivity contribution in [1.82, 2.24) is 10.2 Å². The fraction of sp³-hybridized carbons (Fsp3) is 0.650. The van der Waals surface area contributed by atoms with E-state index in [2.05, 4.69) is 5.32 Å². The number of carbonyl (C=O) groups excluding carboxylic acids is 1. The van der Waals surface area contributed by atoms with Crippen LogP contribution in [-0.2, 0) is 4.74 Å². The molecule has 2 aliphatic carbocycles. The maximum absolute atomic E-state index is 12.9. The third-order valence-electron chi connectivity index (χ3n) is 5.72. The van der Waals surface area contributed by atoms with Crippen LogP contribution < -0.4 is 5.32 Å². The second kappa shape index (κ2) is 7.34. The molecule has 2 saturated carbocycles. The summed E-state index contributed by atoms with van der Waals surface area (Å²) in [4.78, 5) is 14.8. The minimum absolute atomic E-state index is 0.0253. The summed E-state index contributed by atoms with van der Waals surface area (Å²) in [6.45, 7) is 1.66. The average Bonchev–Trinajstić information content (AvgIpc) is 3.54. The molecule has 2 unspecified atom stereocenters. The Morgan fingerprint density at radius 1 is 1.20 bits per heavy atom. The molecule has 2 amide bonds. The number of amides is 2. The Balaban J connectivity index is 1.38. The van der Waals surface area contributed by atoms with Crippen LogP contribution in [0.5, 0.6) is 0 Å². The van der Waals surface area contributed by atoms with Gasteiger partial charge < -0.3 is 20.1 Å². The lowest BCUT2D eigenvalue weighted by Crippen LogP contribution is -2.55. The van der Waals surface area contributed by atoms with Crippen LogP contribution in [0.3, 0.4) is 0 Å². The molecule has 1 heterocycles. The summed E-state index contributed by atoms with van der Waals surface area (Å²) >= 11 is 0. The third kappa shape index (κ3) is 4.15.